The summed E-state index contributed by atoms with van der Waals surface area (Å²) in [5, 5.41) is 24.9. The van der Waals surface area contributed by atoms with E-state index >= 15 is 0 Å². The van der Waals surface area contributed by atoms with E-state index in [-0.39, 0.29) is 18.9 Å². The number of aliphatic carboxylic acids is 1. The first kappa shape index (κ1) is 16.7. The maximum absolute atomic E-state index is 11.7. The quantitative estimate of drug-likeness (QED) is 0.699. The maximum atomic E-state index is 11.7. The van der Waals surface area contributed by atoms with Crippen molar-refractivity contribution in [1.82, 2.24) is 15.1 Å². The fourth-order valence-electron chi connectivity index (χ4n) is 1.90. The molecule has 1 amide bonds. The highest BCUT2D eigenvalue weighted by Crippen LogP contribution is 2.09. The number of benzene rings is 1. The number of hydrogen-bond donors (Lipinski definition) is 3. The van der Waals surface area contributed by atoms with Gasteiger partial charge in [-0.15, -0.1) is 0 Å². The van der Waals surface area contributed by atoms with Crippen LogP contribution in [0.4, 0.5) is 0 Å². The third-order valence-corrected chi connectivity index (χ3v) is 3.39. The fourth-order valence-corrected chi connectivity index (χ4v) is 1.90. The van der Waals surface area contributed by atoms with Crippen molar-refractivity contribution in [2.75, 3.05) is 6.54 Å². The molecule has 7 nitrogen and oxygen atoms in total. The lowest BCUT2D eigenvalue weighted by atomic mass is 10.1. The van der Waals surface area contributed by atoms with E-state index < -0.39 is 11.6 Å². The second-order valence-corrected chi connectivity index (χ2v) is 5.48. The average molecular weight is 317 g/mol. The van der Waals surface area contributed by atoms with Crippen molar-refractivity contribution in [3.63, 3.8) is 0 Å². The van der Waals surface area contributed by atoms with Gasteiger partial charge in [-0.05, 0) is 31.0 Å². The van der Waals surface area contributed by atoms with Crippen LogP contribution >= 0.6 is 0 Å². The molecule has 23 heavy (non-hydrogen) atoms. The van der Waals surface area contributed by atoms with E-state index in [0.717, 1.165) is 18.2 Å². The SMILES string of the molecule is CC(O)(CNC(=O)CCc1cnn(-c2ccccc2)c1)C(=O)O. The molecule has 3 N–H and O–H groups in total. The maximum Gasteiger partial charge on any atom is 0.337 e. The van der Waals surface area contributed by atoms with Crippen LogP contribution in [-0.2, 0) is 16.0 Å². The zero-order valence-electron chi connectivity index (χ0n) is 12.8. The van der Waals surface area contributed by atoms with Crippen molar-refractivity contribution in [2.45, 2.75) is 25.4 Å². The summed E-state index contributed by atoms with van der Waals surface area (Å²) in [4.78, 5) is 22.5. The lowest BCUT2D eigenvalue weighted by molar-refractivity contribution is -0.156. The van der Waals surface area contributed by atoms with Gasteiger partial charge in [0.15, 0.2) is 5.60 Å². The van der Waals surface area contributed by atoms with Crippen molar-refractivity contribution in [3.05, 3.63) is 48.3 Å². The zero-order chi connectivity index (χ0) is 16.9. The molecule has 0 aliphatic rings. The number of carboxylic acids is 1. The van der Waals surface area contributed by atoms with Gasteiger partial charge in [-0.3, -0.25) is 4.79 Å². The van der Waals surface area contributed by atoms with Crippen LogP contribution in [0.5, 0.6) is 0 Å². The van der Waals surface area contributed by atoms with Gasteiger partial charge in [0.1, 0.15) is 0 Å². The summed E-state index contributed by atoms with van der Waals surface area (Å²) in [7, 11) is 0. The minimum atomic E-state index is -1.96. The van der Waals surface area contributed by atoms with E-state index in [1.807, 2.05) is 36.5 Å². The number of aryl methyl sites for hydroxylation is 1. The molecule has 1 aromatic carbocycles. The standard InChI is InChI=1S/C16H19N3O4/c1-16(23,15(21)22)11-17-14(20)8-7-12-9-18-19(10-12)13-5-3-2-4-6-13/h2-6,9-10,23H,7-8,11H2,1H3,(H,17,20)(H,21,22). The summed E-state index contributed by atoms with van der Waals surface area (Å²) in [6, 6.07) is 9.61. The Labute approximate surface area is 133 Å². The van der Waals surface area contributed by atoms with Crippen LogP contribution in [0.15, 0.2) is 42.7 Å². The molecule has 0 saturated heterocycles. The summed E-state index contributed by atoms with van der Waals surface area (Å²) in [5.74, 6) is -1.69. The zero-order valence-corrected chi connectivity index (χ0v) is 12.8. The average Bonchev–Trinajstić information content (AvgIpc) is 3.01. The Balaban J connectivity index is 1.84. The van der Waals surface area contributed by atoms with Crippen LogP contribution in [0.3, 0.4) is 0 Å². The molecule has 0 radical (unpaired) electrons. The van der Waals surface area contributed by atoms with Gasteiger partial charge in [-0.2, -0.15) is 5.10 Å². The first-order valence-electron chi connectivity index (χ1n) is 7.20. The van der Waals surface area contributed by atoms with Crippen LogP contribution in [-0.4, -0.2) is 44.0 Å². The highest BCUT2D eigenvalue weighted by atomic mass is 16.4. The monoisotopic (exact) mass is 317 g/mol. The predicted molar refractivity (Wildman–Crippen MR) is 83.2 cm³/mol. The van der Waals surface area contributed by atoms with Crippen molar-refractivity contribution in [1.29, 1.82) is 0 Å². The lowest BCUT2D eigenvalue weighted by Crippen LogP contribution is -2.46. The molecule has 7 heteroatoms. The minimum absolute atomic E-state index is 0.191. The van der Waals surface area contributed by atoms with Crippen LogP contribution in [0.2, 0.25) is 0 Å². The smallest absolute Gasteiger partial charge is 0.337 e. The summed E-state index contributed by atoms with van der Waals surface area (Å²) < 4.78 is 1.72. The second-order valence-electron chi connectivity index (χ2n) is 5.48. The number of carbonyl (C=O) groups excluding carboxylic acids is 1. The van der Waals surface area contributed by atoms with Crippen molar-refractivity contribution in [3.8, 4) is 5.69 Å². The molecule has 0 aliphatic heterocycles. The number of aliphatic hydroxyl groups is 1. The minimum Gasteiger partial charge on any atom is -0.479 e. The van der Waals surface area contributed by atoms with Crippen LogP contribution in [0.1, 0.15) is 18.9 Å². The first-order chi connectivity index (χ1) is 10.9. The Morgan fingerprint density at radius 3 is 2.65 bits per heavy atom. The summed E-state index contributed by atoms with van der Waals surface area (Å²) in [6.07, 6.45) is 4.20. The Morgan fingerprint density at radius 1 is 1.30 bits per heavy atom. The van der Waals surface area contributed by atoms with E-state index in [9.17, 15) is 14.7 Å². The van der Waals surface area contributed by atoms with Gasteiger partial charge in [0.2, 0.25) is 5.91 Å². The number of nitrogens with one attached hydrogen (secondary N) is 1. The number of nitrogens with zero attached hydrogens (tertiary/aromatic N) is 2. The van der Waals surface area contributed by atoms with Gasteiger partial charge in [0.05, 0.1) is 18.4 Å². The Kier molecular flexibility index (Phi) is 5.13. The van der Waals surface area contributed by atoms with E-state index in [1.165, 1.54) is 0 Å². The first-order valence-corrected chi connectivity index (χ1v) is 7.20. The topological polar surface area (TPSA) is 104 Å². The molecule has 0 bridgehead atoms. The third-order valence-electron chi connectivity index (χ3n) is 3.39. The molecule has 1 unspecified atom stereocenters. The number of para-hydroxylation sites is 1. The van der Waals surface area contributed by atoms with Crippen LogP contribution in [0, 0.1) is 0 Å². The summed E-state index contributed by atoms with van der Waals surface area (Å²) in [5.41, 5.74) is -0.136. The van der Waals surface area contributed by atoms with Crippen molar-refractivity contribution in [2.24, 2.45) is 0 Å². The molecule has 1 aromatic heterocycles. The number of hydrogen-bond acceptors (Lipinski definition) is 4. The Bertz CT molecular complexity index is 680. The largest absolute Gasteiger partial charge is 0.479 e. The molecule has 1 atom stereocenters. The molecule has 0 aliphatic carbocycles. The fraction of sp³-hybridized carbons (Fsp3) is 0.312. The Hall–Kier alpha value is -2.67. The number of rotatable bonds is 7. The lowest BCUT2D eigenvalue weighted by Gasteiger charge is -2.18. The third kappa shape index (κ3) is 4.65. The molecule has 0 saturated carbocycles. The molecule has 122 valence electrons. The molecule has 1 heterocycles. The highest BCUT2D eigenvalue weighted by molar-refractivity contribution is 5.80. The molecule has 2 rings (SSSR count). The number of carbonyl (C=O) groups is 2. The van der Waals surface area contributed by atoms with Crippen LogP contribution < -0.4 is 5.32 Å². The van der Waals surface area contributed by atoms with Gasteiger partial charge in [0, 0.05) is 12.6 Å². The predicted octanol–water partition coefficient (Wildman–Crippen LogP) is 0.757. The molecule has 0 spiro atoms. The molecular weight excluding hydrogens is 298 g/mol. The van der Waals surface area contributed by atoms with Gasteiger partial charge in [0.25, 0.3) is 0 Å². The van der Waals surface area contributed by atoms with Gasteiger partial charge < -0.3 is 15.5 Å². The van der Waals surface area contributed by atoms with E-state index in [0.29, 0.717) is 6.42 Å². The molecular formula is C16H19N3O4. The van der Waals surface area contributed by atoms with Crippen molar-refractivity contribution < 1.29 is 19.8 Å². The van der Waals surface area contributed by atoms with Gasteiger partial charge in [-0.25, -0.2) is 9.48 Å². The van der Waals surface area contributed by atoms with Crippen LogP contribution in [0.25, 0.3) is 5.69 Å². The Morgan fingerprint density at radius 2 is 2.00 bits per heavy atom. The number of carboxylic acid groups (broad SMARTS) is 1. The van der Waals surface area contributed by atoms with E-state index in [4.69, 9.17) is 5.11 Å². The second kappa shape index (κ2) is 7.06. The number of aromatic nitrogens is 2. The molecule has 2 aromatic rings. The summed E-state index contributed by atoms with van der Waals surface area (Å²) >= 11 is 0. The molecule has 0 fully saturated rings. The van der Waals surface area contributed by atoms with E-state index in [1.54, 1.807) is 10.9 Å². The normalized spacial score (nSPS) is 13.3. The van der Waals surface area contributed by atoms with Gasteiger partial charge >= 0.3 is 5.97 Å². The van der Waals surface area contributed by atoms with Gasteiger partial charge in [-0.1, -0.05) is 18.2 Å². The summed E-state index contributed by atoms with van der Waals surface area (Å²) in [6.45, 7) is 0.809. The number of amides is 1. The van der Waals surface area contributed by atoms with Crippen molar-refractivity contribution >= 4 is 11.9 Å². The van der Waals surface area contributed by atoms with E-state index in [2.05, 4.69) is 10.4 Å². The highest BCUT2D eigenvalue weighted by Gasteiger charge is 2.30.